The molecule has 0 fully saturated rings. The number of hydrogen-bond donors (Lipinski definition) is 1. The molecule has 3 aromatic rings. The molecule has 28 heavy (non-hydrogen) atoms. The van der Waals surface area contributed by atoms with Gasteiger partial charge in [0.1, 0.15) is 24.2 Å². The van der Waals surface area contributed by atoms with Crippen molar-refractivity contribution in [3.63, 3.8) is 0 Å². The highest BCUT2D eigenvalue weighted by Crippen LogP contribution is 2.34. The zero-order valence-corrected chi connectivity index (χ0v) is 15.7. The van der Waals surface area contributed by atoms with E-state index in [1.54, 1.807) is 12.1 Å². The molecule has 1 aliphatic rings. The SMILES string of the molecule is CC(C)Oc1ccc(-c2nc(-c3cccc4c3OCCNC4)no2)cc1C#N. The van der Waals surface area contributed by atoms with E-state index in [9.17, 15) is 5.26 Å². The Bertz CT molecular complexity index is 1040. The maximum Gasteiger partial charge on any atom is 0.258 e. The standard InChI is InChI=1S/C21H20N4O3/c1-13(2)27-18-7-6-14(10-16(18)11-22)21-24-20(25-28-21)17-5-3-4-15-12-23-8-9-26-19(15)17/h3-7,10,13,23H,8-9,12H2,1-2H3. The van der Waals surface area contributed by atoms with E-state index in [0.29, 0.717) is 35.2 Å². The molecule has 2 aromatic carbocycles. The second kappa shape index (κ2) is 7.71. The van der Waals surface area contributed by atoms with Crippen molar-refractivity contribution in [2.75, 3.05) is 13.2 Å². The summed E-state index contributed by atoms with van der Waals surface area (Å²) in [5, 5.41) is 16.9. The van der Waals surface area contributed by atoms with E-state index in [2.05, 4.69) is 21.5 Å². The molecule has 4 rings (SSSR count). The summed E-state index contributed by atoms with van der Waals surface area (Å²) in [5.74, 6) is 2.11. The van der Waals surface area contributed by atoms with Crippen LogP contribution in [0.3, 0.4) is 0 Å². The molecule has 0 bridgehead atoms. The van der Waals surface area contributed by atoms with Gasteiger partial charge < -0.3 is 19.3 Å². The smallest absolute Gasteiger partial charge is 0.258 e. The summed E-state index contributed by atoms with van der Waals surface area (Å²) in [5.41, 5.74) is 2.93. The average Bonchev–Trinajstić information content (AvgIpc) is 3.05. The molecule has 0 spiro atoms. The van der Waals surface area contributed by atoms with Gasteiger partial charge in [0.2, 0.25) is 5.82 Å². The number of nitrogens with zero attached hydrogens (tertiary/aromatic N) is 3. The van der Waals surface area contributed by atoms with Gasteiger partial charge in [-0.15, -0.1) is 0 Å². The van der Waals surface area contributed by atoms with Gasteiger partial charge >= 0.3 is 0 Å². The number of aromatic nitrogens is 2. The molecule has 7 nitrogen and oxygen atoms in total. The highest BCUT2D eigenvalue weighted by Gasteiger charge is 2.19. The number of para-hydroxylation sites is 1. The molecule has 1 N–H and O–H groups in total. The lowest BCUT2D eigenvalue weighted by Gasteiger charge is -2.11. The first kappa shape index (κ1) is 18.0. The molecular weight excluding hydrogens is 356 g/mol. The zero-order chi connectivity index (χ0) is 19.5. The summed E-state index contributed by atoms with van der Waals surface area (Å²) in [6.45, 7) is 5.93. The largest absolute Gasteiger partial charge is 0.491 e. The molecule has 0 amide bonds. The molecule has 0 atom stereocenters. The lowest BCUT2D eigenvalue weighted by molar-refractivity contribution is 0.241. The van der Waals surface area contributed by atoms with Crippen LogP contribution in [-0.2, 0) is 6.54 Å². The highest BCUT2D eigenvalue weighted by molar-refractivity contribution is 5.69. The zero-order valence-electron chi connectivity index (χ0n) is 15.7. The maximum absolute atomic E-state index is 9.43. The third-order valence-corrected chi connectivity index (χ3v) is 4.31. The second-order valence-electron chi connectivity index (χ2n) is 6.73. The van der Waals surface area contributed by atoms with Gasteiger partial charge in [-0.3, -0.25) is 0 Å². The Morgan fingerprint density at radius 3 is 2.96 bits per heavy atom. The van der Waals surface area contributed by atoms with Crippen molar-refractivity contribution in [3.8, 4) is 40.4 Å². The first-order valence-electron chi connectivity index (χ1n) is 9.16. The Hall–Kier alpha value is -3.37. The number of nitriles is 1. The number of benzene rings is 2. The molecule has 0 radical (unpaired) electrons. The molecule has 7 heteroatoms. The van der Waals surface area contributed by atoms with Gasteiger partial charge in [0.25, 0.3) is 5.89 Å². The Morgan fingerprint density at radius 1 is 1.25 bits per heavy atom. The van der Waals surface area contributed by atoms with Crippen molar-refractivity contribution >= 4 is 0 Å². The Balaban J connectivity index is 1.69. The van der Waals surface area contributed by atoms with E-state index in [0.717, 1.165) is 30.0 Å². The van der Waals surface area contributed by atoms with Gasteiger partial charge in [-0.1, -0.05) is 17.3 Å². The van der Waals surface area contributed by atoms with E-state index in [1.807, 2.05) is 38.1 Å². The van der Waals surface area contributed by atoms with Crippen LogP contribution in [0, 0.1) is 11.3 Å². The van der Waals surface area contributed by atoms with Crippen LogP contribution < -0.4 is 14.8 Å². The van der Waals surface area contributed by atoms with E-state index in [4.69, 9.17) is 14.0 Å². The Morgan fingerprint density at radius 2 is 2.14 bits per heavy atom. The first-order valence-corrected chi connectivity index (χ1v) is 9.16. The fourth-order valence-electron chi connectivity index (χ4n) is 3.08. The van der Waals surface area contributed by atoms with Crippen LogP contribution in [-0.4, -0.2) is 29.4 Å². The van der Waals surface area contributed by atoms with Crippen molar-refractivity contribution in [1.82, 2.24) is 15.5 Å². The summed E-state index contributed by atoms with van der Waals surface area (Å²) in [6, 6.07) is 13.3. The molecular formula is C21H20N4O3. The van der Waals surface area contributed by atoms with Crippen molar-refractivity contribution in [1.29, 1.82) is 5.26 Å². The van der Waals surface area contributed by atoms with Crippen molar-refractivity contribution in [2.24, 2.45) is 0 Å². The lowest BCUT2D eigenvalue weighted by atomic mass is 10.1. The third kappa shape index (κ3) is 3.55. The molecule has 0 saturated heterocycles. The van der Waals surface area contributed by atoms with E-state index >= 15 is 0 Å². The summed E-state index contributed by atoms with van der Waals surface area (Å²) < 4.78 is 17.0. The minimum atomic E-state index is -0.0178. The summed E-state index contributed by atoms with van der Waals surface area (Å²) in [7, 11) is 0. The van der Waals surface area contributed by atoms with Crippen LogP contribution in [0.4, 0.5) is 0 Å². The topological polar surface area (TPSA) is 93.2 Å². The van der Waals surface area contributed by atoms with E-state index in [1.165, 1.54) is 0 Å². The quantitative estimate of drug-likeness (QED) is 0.744. The van der Waals surface area contributed by atoms with E-state index < -0.39 is 0 Å². The second-order valence-corrected chi connectivity index (χ2v) is 6.73. The predicted octanol–water partition coefficient (Wildman–Crippen LogP) is 3.54. The molecule has 0 aliphatic carbocycles. The average molecular weight is 376 g/mol. The number of hydrogen-bond acceptors (Lipinski definition) is 7. The van der Waals surface area contributed by atoms with Crippen LogP contribution in [0.15, 0.2) is 40.9 Å². The predicted molar refractivity (Wildman–Crippen MR) is 103 cm³/mol. The number of ether oxygens (including phenoxy) is 2. The lowest BCUT2D eigenvalue weighted by Crippen LogP contribution is -2.16. The number of fused-ring (bicyclic) bond motifs is 1. The first-order chi connectivity index (χ1) is 13.7. The van der Waals surface area contributed by atoms with Gasteiger partial charge in [-0.2, -0.15) is 10.2 Å². The maximum atomic E-state index is 9.43. The van der Waals surface area contributed by atoms with Gasteiger partial charge in [0.05, 0.1) is 17.2 Å². The number of nitrogens with one attached hydrogen (secondary N) is 1. The fraction of sp³-hybridized carbons (Fsp3) is 0.286. The molecule has 1 aliphatic heterocycles. The van der Waals surface area contributed by atoms with Crippen LogP contribution in [0.1, 0.15) is 25.0 Å². The highest BCUT2D eigenvalue weighted by atomic mass is 16.5. The minimum Gasteiger partial charge on any atom is -0.491 e. The third-order valence-electron chi connectivity index (χ3n) is 4.31. The van der Waals surface area contributed by atoms with Crippen molar-refractivity contribution < 1.29 is 14.0 Å². The normalized spacial score (nSPS) is 13.4. The molecule has 0 unspecified atom stereocenters. The van der Waals surface area contributed by atoms with Gasteiger partial charge in [0.15, 0.2) is 0 Å². The van der Waals surface area contributed by atoms with Crippen molar-refractivity contribution in [3.05, 3.63) is 47.5 Å². The van der Waals surface area contributed by atoms with Crippen LogP contribution >= 0.6 is 0 Å². The molecule has 142 valence electrons. The van der Waals surface area contributed by atoms with Gasteiger partial charge in [-0.25, -0.2) is 0 Å². The van der Waals surface area contributed by atoms with Crippen molar-refractivity contribution in [2.45, 2.75) is 26.5 Å². The summed E-state index contributed by atoms with van der Waals surface area (Å²) >= 11 is 0. The molecule has 2 heterocycles. The minimum absolute atomic E-state index is 0.0178. The summed E-state index contributed by atoms with van der Waals surface area (Å²) in [4.78, 5) is 4.53. The monoisotopic (exact) mass is 376 g/mol. The van der Waals surface area contributed by atoms with E-state index in [-0.39, 0.29) is 6.10 Å². The Kier molecular flexibility index (Phi) is 4.96. The van der Waals surface area contributed by atoms with Gasteiger partial charge in [-0.05, 0) is 38.1 Å². The van der Waals surface area contributed by atoms with Crippen LogP contribution in [0.25, 0.3) is 22.8 Å². The Labute approximate surface area is 162 Å². The van der Waals surface area contributed by atoms with Crippen LogP contribution in [0.2, 0.25) is 0 Å². The number of rotatable bonds is 4. The molecule has 1 aromatic heterocycles. The summed E-state index contributed by atoms with van der Waals surface area (Å²) in [6.07, 6.45) is -0.0178. The van der Waals surface area contributed by atoms with Crippen LogP contribution in [0.5, 0.6) is 11.5 Å². The fourth-order valence-corrected chi connectivity index (χ4v) is 3.08. The van der Waals surface area contributed by atoms with Gasteiger partial charge in [0, 0.05) is 24.2 Å². The molecule has 0 saturated carbocycles.